The second kappa shape index (κ2) is 6.89. The van der Waals surface area contributed by atoms with Gasteiger partial charge in [-0.15, -0.1) is 0 Å². The number of aromatic nitrogens is 1. The normalized spacial score (nSPS) is 12.5. The van der Waals surface area contributed by atoms with Gasteiger partial charge in [-0.2, -0.15) is 18.4 Å². The Morgan fingerprint density at radius 1 is 1.32 bits per heavy atom. The minimum absolute atomic E-state index is 0.0361. The number of alkyl halides is 4. The number of benzene rings is 1. The summed E-state index contributed by atoms with van der Waals surface area (Å²) >= 11 is 0. The van der Waals surface area contributed by atoms with E-state index in [2.05, 4.69) is 4.98 Å². The molecule has 130 valence electrons. The molecule has 1 aromatic carbocycles. The number of aromatic carboxylic acids is 1. The second-order valence-electron chi connectivity index (χ2n) is 5.19. The molecule has 1 heterocycles. The van der Waals surface area contributed by atoms with Crippen molar-refractivity contribution in [2.24, 2.45) is 0 Å². The van der Waals surface area contributed by atoms with Gasteiger partial charge in [-0.25, -0.2) is 14.2 Å². The molecular weight excluding hydrogens is 340 g/mol. The quantitative estimate of drug-likeness (QED) is 0.805. The van der Waals surface area contributed by atoms with Crippen molar-refractivity contribution in [3.8, 4) is 17.3 Å². The predicted molar refractivity (Wildman–Crippen MR) is 80.5 cm³/mol. The van der Waals surface area contributed by atoms with E-state index in [4.69, 9.17) is 0 Å². The second-order valence-corrected chi connectivity index (χ2v) is 5.19. The molecule has 0 radical (unpaired) electrons. The van der Waals surface area contributed by atoms with Crippen LogP contribution in [0.2, 0.25) is 0 Å². The summed E-state index contributed by atoms with van der Waals surface area (Å²) in [4.78, 5) is 15.2. The minimum atomic E-state index is -4.52. The summed E-state index contributed by atoms with van der Waals surface area (Å²) in [5, 5.41) is 18.4. The molecule has 1 unspecified atom stereocenters. The Balaban J connectivity index is 2.64. The zero-order valence-corrected chi connectivity index (χ0v) is 12.9. The Morgan fingerprint density at radius 3 is 2.36 bits per heavy atom. The van der Waals surface area contributed by atoms with Crippen LogP contribution in [0.3, 0.4) is 0 Å². The SMILES string of the molecule is CCC(F)c1nc(-c2ccc(C(F)(F)F)cc2)c(C#N)cc1C(=O)O. The highest BCUT2D eigenvalue weighted by Gasteiger charge is 2.30. The number of rotatable bonds is 4. The summed E-state index contributed by atoms with van der Waals surface area (Å²) in [7, 11) is 0. The average Bonchev–Trinajstić information content (AvgIpc) is 2.59. The number of carbonyl (C=O) groups is 1. The summed E-state index contributed by atoms with van der Waals surface area (Å²) in [6.45, 7) is 1.49. The third-order valence-corrected chi connectivity index (χ3v) is 3.54. The van der Waals surface area contributed by atoms with Crippen molar-refractivity contribution in [1.29, 1.82) is 5.26 Å². The van der Waals surface area contributed by atoms with Gasteiger partial charge in [0.15, 0.2) is 0 Å². The van der Waals surface area contributed by atoms with Crippen LogP contribution in [0.15, 0.2) is 30.3 Å². The number of hydrogen-bond acceptors (Lipinski definition) is 3. The maximum absolute atomic E-state index is 14.1. The first-order valence-corrected chi connectivity index (χ1v) is 7.19. The molecule has 0 amide bonds. The fourth-order valence-corrected chi connectivity index (χ4v) is 2.25. The molecular formula is C17H12F4N2O2. The number of hydrogen-bond donors (Lipinski definition) is 1. The van der Waals surface area contributed by atoms with E-state index in [1.165, 1.54) is 6.92 Å². The van der Waals surface area contributed by atoms with Crippen molar-refractivity contribution >= 4 is 5.97 Å². The van der Waals surface area contributed by atoms with Crippen LogP contribution in [0.1, 0.15) is 46.7 Å². The molecule has 0 aliphatic heterocycles. The van der Waals surface area contributed by atoms with Crippen LogP contribution < -0.4 is 0 Å². The number of pyridine rings is 1. The Labute approximate surface area is 140 Å². The first kappa shape index (κ1) is 18.4. The summed E-state index contributed by atoms with van der Waals surface area (Å²) < 4.78 is 52.0. The van der Waals surface area contributed by atoms with E-state index in [-0.39, 0.29) is 28.9 Å². The van der Waals surface area contributed by atoms with Gasteiger partial charge in [-0.1, -0.05) is 19.1 Å². The Kier molecular flexibility index (Phi) is 5.07. The Morgan fingerprint density at radius 2 is 1.92 bits per heavy atom. The van der Waals surface area contributed by atoms with Crippen molar-refractivity contribution in [3.05, 3.63) is 52.7 Å². The van der Waals surface area contributed by atoms with Gasteiger partial charge < -0.3 is 5.11 Å². The summed E-state index contributed by atoms with van der Waals surface area (Å²) in [5.41, 5.74) is -1.75. The van der Waals surface area contributed by atoms with Gasteiger partial charge in [0.1, 0.15) is 12.2 Å². The molecule has 8 heteroatoms. The van der Waals surface area contributed by atoms with Gasteiger partial charge in [0, 0.05) is 5.56 Å². The van der Waals surface area contributed by atoms with Gasteiger partial charge in [0.2, 0.25) is 0 Å². The van der Waals surface area contributed by atoms with Gasteiger partial charge in [-0.05, 0) is 24.6 Å². The lowest BCUT2D eigenvalue weighted by molar-refractivity contribution is -0.137. The standard InChI is InChI=1S/C17H12F4N2O2/c1-2-13(18)15-12(16(24)25)7-10(8-22)14(23-15)9-3-5-11(6-4-9)17(19,20)21/h3-7,13H,2H2,1H3,(H,24,25). The Bertz CT molecular complexity index is 839. The summed E-state index contributed by atoms with van der Waals surface area (Å²) in [6, 6.07) is 6.58. The molecule has 4 nitrogen and oxygen atoms in total. The van der Waals surface area contributed by atoms with E-state index in [0.29, 0.717) is 0 Å². The monoisotopic (exact) mass is 352 g/mol. The smallest absolute Gasteiger partial charge is 0.416 e. The van der Waals surface area contributed by atoms with E-state index < -0.39 is 29.4 Å². The number of nitriles is 1. The maximum atomic E-state index is 14.1. The van der Waals surface area contributed by atoms with Crippen molar-refractivity contribution < 1.29 is 27.5 Å². The fraction of sp³-hybridized carbons (Fsp3) is 0.235. The van der Waals surface area contributed by atoms with Gasteiger partial charge in [-0.3, -0.25) is 0 Å². The summed E-state index contributed by atoms with van der Waals surface area (Å²) in [6.07, 6.45) is -6.23. The lowest BCUT2D eigenvalue weighted by Gasteiger charge is -2.13. The van der Waals surface area contributed by atoms with Crippen LogP contribution in [0, 0.1) is 11.3 Å². The van der Waals surface area contributed by atoms with Crippen molar-refractivity contribution in [2.75, 3.05) is 0 Å². The maximum Gasteiger partial charge on any atom is 0.416 e. The molecule has 0 saturated heterocycles. The Hall–Kier alpha value is -2.95. The van der Waals surface area contributed by atoms with Gasteiger partial charge in [0.05, 0.1) is 28.1 Å². The number of carboxylic acid groups (broad SMARTS) is 1. The number of carboxylic acids is 1. The highest BCUT2D eigenvalue weighted by Crippen LogP contribution is 2.33. The number of nitrogens with zero attached hydrogens (tertiary/aromatic N) is 2. The van der Waals surface area contributed by atoms with Crippen molar-refractivity contribution in [2.45, 2.75) is 25.7 Å². The zero-order valence-electron chi connectivity index (χ0n) is 12.9. The molecule has 2 rings (SSSR count). The molecule has 0 spiro atoms. The average molecular weight is 352 g/mol. The lowest BCUT2D eigenvalue weighted by atomic mass is 9.99. The molecule has 0 aliphatic rings. The van der Waals surface area contributed by atoms with Crippen molar-refractivity contribution in [3.63, 3.8) is 0 Å². The predicted octanol–water partition coefficient (Wildman–Crippen LogP) is 4.76. The van der Waals surface area contributed by atoms with Gasteiger partial charge >= 0.3 is 12.1 Å². The van der Waals surface area contributed by atoms with E-state index in [0.717, 1.165) is 30.3 Å². The van der Waals surface area contributed by atoms with Gasteiger partial charge in [0.25, 0.3) is 0 Å². The van der Waals surface area contributed by atoms with Crippen LogP contribution in [0.25, 0.3) is 11.3 Å². The fourth-order valence-electron chi connectivity index (χ4n) is 2.25. The van der Waals surface area contributed by atoms with Crippen LogP contribution in [0.5, 0.6) is 0 Å². The molecule has 25 heavy (non-hydrogen) atoms. The molecule has 2 aromatic rings. The third-order valence-electron chi connectivity index (χ3n) is 3.54. The number of halogens is 4. The van der Waals surface area contributed by atoms with E-state index in [9.17, 15) is 32.7 Å². The minimum Gasteiger partial charge on any atom is -0.478 e. The molecule has 1 atom stereocenters. The highest BCUT2D eigenvalue weighted by molar-refractivity contribution is 5.90. The van der Waals surface area contributed by atoms with Crippen molar-refractivity contribution in [1.82, 2.24) is 4.98 Å². The van der Waals surface area contributed by atoms with E-state index >= 15 is 0 Å². The molecule has 0 bridgehead atoms. The van der Waals surface area contributed by atoms with Crippen LogP contribution >= 0.6 is 0 Å². The molecule has 0 saturated carbocycles. The molecule has 1 N–H and O–H groups in total. The third kappa shape index (κ3) is 3.76. The topological polar surface area (TPSA) is 74.0 Å². The van der Waals surface area contributed by atoms with E-state index in [1.807, 2.05) is 0 Å². The lowest BCUT2D eigenvalue weighted by Crippen LogP contribution is -2.10. The largest absolute Gasteiger partial charge is 0.478 e. The first-order chi connectivity index (χ1) is 11.7. The van der Waals surface area contributed by atoms with Crippen LogP contribution in [-0.2, 0) is 6.18 Å². The summed E-state index contributed by atoms with van der Waals surface area (Å²) in [5.74, 6) is -1.44. The molecule has 0 fully saturated rings. The van der Waals surface area contributed by atoms with Crippen LogP contribution in [-0.4, -0.2) is 16.1 Å². The highest BCUT2D eigenvalue weighted by atomic mass is 19.4. The first-order valence-electron chi connectivity index (χ1n) is 7.19. The van der Waals surface area contributed by atoms with E-state index in [1.54, 1.807) is 6.07 Å². The molecule has 0 aliphatic carbocycles. The van der Waals surface area contributed by atoms with Crippen LogP contribution in [0.4, 0.5) is 17.6 Å². The molecule has 1 aromatic heterocycles. The zero-order chi connectivity index (χ0) is 18.8.